The molecule has 0 unspecified atom stereocenters. The van der Waals surface area contributed by atoms with Crippen molar-refractivity contribution in [1.29, 1.82) is 5.26 Å². The van der Waals surface area contributed by atoms with E-state index in [9.17, 15) is 5.26 Å². The minimum atomic E-state index is 0.471. The molecule has 0 aliphatic carbocycles. The van der Waals surface area contributed by atoms with E-state index in [0.29, 0.717) is 18.7 Å². The van der Waals surface area contributed by atoms with Crippen LogP contribution < -0.4 is 4.74 Å². The Balaban J connectivity index is 1.52. The molecule has 0 saturated heterocycles. The second-order valence-electron chi connectivity index (χ2n) is 7.78. The van der Waals surface area contributed by atoms with Crippen LogP contribution in [0.1, 0.15) is 29.2 Å². The lowest BCUT2D eigenvalue weighted by Gasteiger charge is -2.13. The number of nitrogens with zero attached hydrogens (tertiary/aromatic N) is 3. The topological polar surface area (TPSA) is 50.8 Å². The number of imidazole rings is 1. The molecule has 4 nitrogen and oxygen atoms in total. The monoisotopic (exact) mass is 529 g/mol. The van der Waals surface area contributed by atoms with Gasteiger partial charge in [0.25, 0.3) is 0 Å². The van der Waals surface area contributed by atoms with Crippen LogP contribution in [0.2, 0.25) is 0 Å². The highest BCUT2D eigenvalue weighted by atomic mass is 127. The summed E-state index contributed by atoms with van der Waals surface area (Å²) >= 11 is 2.29. The summed E-state index contributed by atoms with van der Waals surface area (Å²) in [5.74, 6) is 0.812. The van der Waals surface area contributed by atoms with Gasteiger partial charge in [-0.3, -0.25) is 0 Å². The van der Waals surface area contributed by atoms with Crippen LogP contribution in [0, 0.1) is 15.2 Å². The number of allylic oxidation sites excluding steroid dienone is 1. The Morgan fingerprint density at radius 1 is 1.06 bits per heavy atom. The Morgan fingerprint density at radius 2 is 1.84 bits per heavy atom. The van der Waals surface area contributed by atoms with Gasteiger partial charge in [0.2, 0.25) is 0 Å². The molecule has 0 radical (unpaired) electrons. The zero-order valence-corrected chi connectivity index (χ0v) is 19.7. The van der Waals surface area contributed by atoms with Crippen LogP contribution in [0.5, 0.6) is 5.75 Å². The largest absolute Gasteiger partial charge is 0.488 e. The molecule has 0 amide bonds. The molecule has 0 fully saturated rings. The first-order valence-electron chi connectivity index (χ1n) is 10.4. The SMILES string of the molecule is C/C(C#N)=C1/c2ccc(Cn3cc(-c4ccccc4)nc3I)cc2COc2ccccc21. The maximum absolute atomic E-state index is 9.65. The smallest absolute Gasteiger partial charge is 0.172 e. The van der Waals surface area contributed by atoms with Crippen molar-refractivity contribution in [3.05, 3.63) is 111 Å². The number of halogens is 1. The predicted molar refractivity (Wildman–Crippen MR) is 134 cm³/mol. The first kappa shape index (κ1) is 20.5. The first-order chi connectivity index (χ1) is 15.6. The van der Waals surface area contributed by atoms with Crippen molar-refractivity contribution in [3.63, 3.8) is 0 Å². The van der Waals surface area contributed by atoms with E-state index in [4.69, 9.17) is 9.72 Å². The fraction of sp³-hybridized carbons (Fsp3) is 0.111. The molecule has 32 heavy (non-hydrogen) atoms. The van der Waals surface area contributed by atoms with Crippen LogP contribution in [0.3, 0.4) is 0 Å². The third-order valence-corrected chi connectivity index (χ3v) is 6.53. The van der Waals surface area contributed by atoms with Crippen molar-refractivity contribution in [3.8, 4) is 23.1 Å². The molecular formula is C27H20IN3O. The lowest BCUT2D eigenvalue weighted by molar-refractivity contribution is 0.307. The zero-order valence-electron chi connectivity index (χ0n) is 17.5. The molecule has 0 saturated carbocycles. The number of ether oxygens (including phenoxy) is 1. The molecule has 1 aliphatic rings. The fourth-order valence-corrected chi connectivity index (χ4v) is 4.69. The van der Waals surface area contributed by atoms with Gasteiger partial charge in [-0.1, -0.05) is 60.7 Å². The summed E-state index contributed by atoms with van der Waals surface area (Å²) in [7, 11) is 0. The van der Waals surface area contributed by atoms with Crippen molar-refractivity contribution in [2.45, 2.75) is 20.1 Å². The van der Waals surface area contributed by atoms with Crippen LogP contribution in [-0.2, 0) is 13.2 Å². The predicted octanol–water partition coefficient (Wildman–Crippen LogP) is 6.44. The van der Waals surface area contributed by atoms with E-state index in [-0.39, 0.29) is 0 Å². The lowest BCUT2D eigenvalue weighted by atomic mass is 9.90. The van der Waals surface area contributed by atoms with Crippen molar-refractivity contribution in [2.75, 3.05) is 0 Å². The van der Waals surface area contributed by atoms with E-state index >= 15 is 0 Å². The number of hydrogen-bond donors (Lipinski definition) is 0. The van der Waals surface area contributed by atoms with Crippen LogP contribution in [0.4, 0.5) is 0 Å². The van der Waals surface area contributed by atoms with E-state index in [1.807, 2.05) is 49.4 Å². The van der Waals surface area contributed by atoms with Crippen molar-refractivity contribution >= 4 is 28.2 Å². The van der Waals surface area contributed by atoms with Gasteiger partial charge in [0.15, 0.2) is 3.83 Å². The van der Waals surface area contributed by atoms with Gasteiger partial charge in [-0.05, 0) is 58.3 Å². The van der Waals surface area contributed by atoms with Gasteiger partial charge in [-0.25, -0.2) is 4.98 Å². The number of hydrogen-bond acceptors (Lipinski definition) is 3. The van der Waals surface area contributed by atoms with Crippen LogP contribution in [0.15, 0.2) is 84.6 Å². The van der Waals surface area contributed by atoms with Gasteiger partial charge >= 0.3 is 0 Å². The van der Waals surface area contributed by atoms with E-state index in [0.717, 1.165) is 43.1 Å². The number of rotatable bonds is 3. The summed E-state index contributed by atoms with van der Waals surface area (Å²) in [6.45, 7) is 3.06. The van der Waals surface area contributed by atoms with Crippen LogP contribution >= 0.6 is 22.6 Å². The summed E-state index contributed by atoms with van der Waals surface area (Å²) in [5.41, 5.74) is 8.00. The van der Waals surface area contributed by atoms with Crippen LogP contribution in [0.25, 0.3) is 16.8 Å². The molecule has 2 heterocycles. The molecule has 4 aromatic rings. The Bertz CT molecular complexity index is 1380. The number of nitriles is 1. The van der Waals surface area contributed by atoms with Crippen LogP contribution in [-0.4, -0.2) is 9.55 Å². The summed E-state index contributed by atoms with van der Waals surface area (Å²) < 4.78 is 9.23. The number of aromatic nitrogens is 2. The highest BCUT2D eigenvalue weighted by Crippen LogP contribution is 2.38. The average Bonchev–Trinajstić information content (AvgIpc) is 3.11. The average molecular weight is 529 g/mol. The summed E-state index contributed by atoms with van der Waals surface area (Å²) in [6, 6.07) is 26.9. The molecule has 3 aromatic carbocycles. The fourth-order valence-electron chi connectivity index (χ4n) is 4.12. The molecule has 1 aromatic heterocycles. The molecule has 5 heteroatoms. The summed E-state index contributed by atoms with van der Waals surface area (Å²) in [4.78, 5) is 4.73. The Labute approximate surface area is 201 Å². The second kappa shape index (κ2) is 8.64. The van der Waals surface area contributed by atoms with Gasteiger partial charge < -0.3 is 9.30 Å². The molecular weight excluding hydrogens is 509 g/mol. The molecule has 0 spiro atoms. The van der Waals surface area contributed by atoms with Crippen molar-refractivity contribution in [1.82, 2.24) is 9.55 Å². The second-order valence-corrected chi connectivity index (χ2v) is 8.74. The van der Waals surface area contributed by atoms with E-state index in [1.165, 1.54) is 5.56 Å². The summed E-state index contributed by atoms with van der Waals surface area (Å²) in [5, 5.41) is 9.65. The first-order valence-corrected chi connectivity index (χ1v) is 11.5. The molecule has 1 aliphatic heterocycles. The quantitative estimate of drug-likeness (QED) is 0.227. The number of benzene rings is 3. The van der Waals surface area contributed by atoms with Gasteiger partial charge in [-0.2, -0.15) is 5.26 Å². The maximum Gasteiger partial charge on any atom is 0.172 e. The van der Waals surface area contributed by atoms with Crippen molar-refractivity contribution < 1.29 is 4.74 Å². The normalized spacial score (nSPS) is 13.9. The molecule has 0 N–H and O–H groups in total. The van der Waals surface area contributed by atoms with E-state index in [2.05, 4.69) is 69.8 Å². The molecule has 0 atom stereocenters. The number of para-hydroxylation sites is 1. The van der Waals surface area contributed by atoms with Gasteiger partial charge in [0.1, 0.15) is 12.4 Å². The van der Waals surface area contributed by atoms with Crippen molar-refractivity contribution in [2.24, 2.45) is 0 Å². The number of fused-ring (bicyclic) bond motifs is 2. The highest BCUT2D eigenvalue weighted by molar-refractivity contribution is 14.1. The Hall–Kier alpha value is -3.37. The van der Waals surface area contributed by atoms with Gasteiger partial charge in [0, 0.05) is 35.0 Å². The van der Waals surface area contributed by atoms with Gasteiger partial charge in [0.05, 0.1) is 11.8 Å². The Kier molecular flexibility index (Phi) is 5.54. The van der Waals surface area contributed by atoms with E-state index < -0.39 is 0 Å². The minimum Gasteiger partial charge on any atom is -0.488 e. The molecule has 156 valence electrons. The molecule has 5 rings (SSSR count). The standard InChI is InChI=1S/C27H20IN3O/c1-18(14-29)26-22-12-11-19(13-21(22)17-32-25-10-6-5-9-23(25)26)15-31-16-24(30-27(31)28)20-7-3-2-4-8-20/h2-13,16H,15,17H2,1H3/b26-18+. The summed E-state index contributed by atoms with van der Waals surface area (Å²) in [6.07, 6.45) is 2.10. The third kappa shape index (κ3) is 3.82. The highest BCUT2D eigenvalue weighted by Gasteiger charge is 2.21. The Morgan fingerprint density at radius 3 is 2.66 bits per heavy atom. The third-order valence-electron chi connectivity index (χ3n) is 5.67. The molecule has 0 bridgehead atoms. The lowest BCUT2D eigenvalue weighted by Crippen LogP contribution is -2.03. The zero-order chi connectivity index (χ0) is 22.1. The van der Waals surface area contributed by atoms with E-state index in [1.54, 1.807) is 0 Å². The van der Waals surface area contributed by atoms with Gasteiger partial charge in [-0.15, -0.1) is 0 Å². The maximum atomic E-state index is 9.65. The minimum absolute atomic E-state index is 0.471.